The number of carbonyl (C=O) groups is 1. The van der Waals surface area contributed by atoms with E-state index in [1.165, 1.54) is 35.1 Å². The molecule has 0 amide bonds. The van der Waals surface area contributed by atoms with Crippen LogP contribution in [0.5, 0.6) is 0 Å². The first-order chi connectivity index (χ1) is 18.4. The van der Waals surface area contributed by atoms with Gasteiger partial charge < -0.3 is 15.2 Å². The minimum atomic E-state index is -1.39. The highest BCUT2D eigenvalue weighted by molar-refractivity contribution is 5.83. The molecule has 2 aromatic carbocycles. The molecule has 210 valence electrons. The monoisotopic (exact) mass is 529 g/mol. The van der Waals surface area contributed by atoms with E-state index in [9.17, 15) is 9.90 Å². The standard InChI is InChI=1S/C35H47NO3/c1-25(2)36-21-8-7-9-22-39-35(32(37)38)17-15-26(16-18-35)27-11-10-12-28(23-27)29-13-14-30-31(24-29)34(5,6)20-19-33(30,3)4/h10-18,23-26,36H,7-9,19-22H2,1-6H3,(H,37,38). The number of allylic oxidation sites excluding steroid dienone is 2. The molecule has 0 heterocycles. The third-order valence-electron chi connectivity index (χ3n) is 8.61. The van der Waals surface area contributed by atoms with Crippen LogP contribution in [-0.2, 0) is 20.4 Å². The van der Waals surface area contributed by atoms with Crippen LogP contribution in [0.15, 0.2) is 66.8 Å². The molecule has 0 saturated carbocycles. The molecule has 0 radical (unpaired) electrons. The van der Waals surface area contributed by atoms with Gasteiger partial charge in [-0.1, -0.05) is 96.2 Å². The summed E-state index contributed by atoms with van der Waals surface area (Å²) in [6.45, 7) is 15.1. The molecule has 39 heavy (non-hydrogen) atoms. The summed E-state index contributed by atoms with van der Waals surface area (Å²) < 4.78 is 5.93. The zero-order chi connectivity index (χ0) is 28.3. The topological polar surface area (TPSA) is 58.6 Å². The Balaban J connectivity index is 1.46. The van der Waals surface area contributed by atoms with Crippen molar-refractivity contribution in [2.75, 3.05) is 13.2 Å². The Bertz CT molecular complexity index is 1210. The third kappa shape index (κ3) is 6.73. The van der Waals surface area contributed by atoms with Gasteiger partial charge in [0, 0.05) is 18.6 Å². The Labute approximate surface area is 235 Å². The quantitative estimate of drug-likeness (QED) is 0.229. The van der Waals surface area contributed by atoms with E-state index < -0.39 is 11.6 Å². The van der Waals surface area contributed by atoms with Gasteiger partial charge in [-0.3, -0.25) is 0 Å². The molecule has 2 N–H and O–H groups in total. The van der Waals surface area contributed by atoms with Crippen molar-refractivity contribution in [3.05, 3.63) is 83.5 Å². The number of rotatable bonds is 11. The lowest BCUT2D eigenvalue weighted by Gasteiger charge is -2.42. The number of aliphatic carboxylic acids is 1. The number of unbranched alkanes of at least 4 members (excludes halogenated alkanes) is 2. The van der Waals surface area contributed by atoms with E-state index in [-0.39, 0.29) is 16.7 Å². The average Bonchev–Trinajstić information content (AvgIpc) is 2.91. The van der Waals surface area contributed by atoms with Gasteiger partial charge in [0.15, 0.2) is 0 Å². The molecule has 4 nitrogen and oxygen atoms in total. The van der Waals surface area contributed by atoms with Crippen LogP contribution in [0.25, 0.3) is 11.1 Å². The maximum absolute atomic E-state index is 12.2. The van der Waals surface area contributed by atoms with Gasteiger partial charge in [-0.15, -0.1) is 0 Å². The SMILES string of the molecule is CC(C)NCCCCCOC1(C(=O)O)C=CC(c2cccc(-c3ccc4c(c3)C(C)(C)CCC4(C)C)c2)C=C1. The molecule has 2 aliphatic carbocycles. The number of hydrogen-bond donors (Lipinski definition) is 2. The van der Waals surface area contributed by atoms with Crippen LogP contribution in [0.1, 0.15) is 96.3 Å². The predicted octanol–water partition coefficient (Wildman–Crippen LogP) is 7.92. The number of benzene rings is 2. The van der Waals surface area contributed by atoms with E-state index >= 15 is 0 Å². The lowest BCUT2D eigenvalue weighted by atomic mass is 9.63. The fourth-order valence-corrected chi connectivity index (χ4v) is 5.87. The van der Waals surface area contributed by atoms with Gasteiger partial charge in [0.2, 0.25) is 5.60 Å². The molecule has 0 fully saturated rings. The minimum absolute atomic E-state index is 0.0103. The molecule has 0 spiro atoms. The van der Waals surface area contributed by atoms with E-state index in [1.807, 2.05) is 12.2 Å². The molecule has 2 aliphatic rings. The van der Waals surface area contributed by atoms with Crippen LogP contribution < -0.4 is 5.32 Å². The number of nitrogens with one attached hydrogen (secondary N) is 1. The third-order valence-corrected chi connectivity index (χ3v) is 8.61. The van der Waals surface area contributed by atoms with Crippen LogP contribution in [0, 0.1) is 0 Å². The lowest BCUT2D eigenvalue weighted by molar-refractivity contribution is -0.154. The van der Waals surface area contributed by atoms with Gasteiger partial charge in [0.05, 0.1) is 0 Å². The van der Waals surface area contributed by atoms with E-state index in [0.29, 0.717) is 12.6 Å². The number of carboxylic acid groups (broad SMARTS) is 1. The highest BCUT2D eigenvalue weighted by atomic mass is 16.5. The smallest absolute Gasteiger partial charge is 0.344 e. The van der Waals surface area contributed by atoms with E-state index in [4.69, 9.17) is 4.74 Å². The van der Waals surface area contributed by atoms with E-state index in [1.54, 1.807) is 12.2 Å². The van der Waals surface area contributed by atoms with Gasteiger partial charge in [0.25, 0.3) is 0 Å². The van der Waals surface area contributed by atoms with Crippen molar-refractivity contribution < 1.29 is 14.6 Å². The van der Waals surface area contributed by atoms with Gasteiger partial charge in [-0.2, -0.15) is 0 Å². The Morgan fingerprint density at radius 1 is 0.923 bits per heavy atom. The molecule has 4 heteroatoms. The van der Waals surface area contributed by atoms with Crippen molar-refractivity contribution in [1.29, 1.82) is 0 Å². The summed E-state index contributed by atoms with van der Waals surface area (Å²) in [6, 6.07) is 16.1. The molecule has 0 unspecified atom stereocenters. The fraction of sp³-hybridized carbons (Fsp3) is 0.514. The normalized spacial score (nSPS) is 23.1. The summed E-state index contributed by atoms with van der Waals surface area (Å²) in [6.07, 6.45) is 12.7. The second-order valence-electron chi connectivity index (χ2n) is 13.0. The van der Waals surface area contributed by atoms with Gasteiger partial charge >= 0.3 is 5.97 Å². The maximum Gasteiger partial charge on any atom is 0.344 e. The van der Waals surface area contributed by atoms with Crippen LogP contribution in [-0.4, -0.2) is 35.9 Å². The van der Waals surface area contributed by atoms with Gasteiger partial charge in [0.1, 0.15) is 0 Å². The second-order valence-corrected chi connectivity index (χ2v) is 13.0. The first-order valence-electron chi connectivity index (χ1n) is 14.7. The van der Waals surface area contributed by atoms with Crippen LogP contribution >= 0.6 is 0 Å². The van der Waals surface area contributed by atoms with Crippen LogP contribution in [0.3, 0.4) is 0 Å². The number of fused-ring (bicyclic) bond motifs is 1. The van der Waals surface area contributed by atoms with Crippen molar-refractivity contribution in [1.82, 2.24) is 5.32 Å². The van der Waals surface area contributed by atoms with Crippen LogP contribution in [0.4, 0.5) is 0 Å². The molecule has 4 rings (SSSR count). The molecule has 2 aromatic rings. The van der Waals surface area contributed by atoms with Gasteiger partial charge in [-0.05, 0) is 89.4 Å². The van der Waals surface area contributed by atoms with Gasteiger partial charge in [-0.25, -0.2) is 4.79 Å². The maximum atomic E-state index is 12.2. The fourth-order valence-electron chi connectivity index (χ4n) is 5.87. The molecule has 0 saturated heterocycles. The zero-order valence-corrected chi connectivity index (χ0v) is 24.7. The number of ether oxygens (including phenoxy) is 1. The van der Waals surface area contributed by atoms with Crippen molar-refractivity contribution in [3.63, 3.8) is 0 Å². The molecule has 0 aromatic heterocycles. The molecule has 0 bridgehead atoms. The van der Waals surface area contributed by atoms with Crippen LogP contribution in [0.2, 0.25) is 0 Å². The summed E-state index contributed by atoms with van der Waals surface area (Å²) in [5.74, 6) is -0.959. The highest BCUT2D eigenvalue weighted by Crippen LogP contribution is 2.47. The summed E-state index contributed by atoms with van der Waals surface area (Å²) in [5, 5.41) is 13.4. The summed E-state index contributed by atoms with van der Waals surface area (Å²) in [4.78, 5) is 12.2. The second kappa shape index (κ2) is 11.8. The summed E-state index contributed by atoms with van der Waals surface area (Å²) >= 11 is 0. The van der Waals surface area contributed by atoms with E-state index in [2.05, 4.69) is 89.3 Å². The molecule has 0 aliphatic heterocycles. The molecular formula is C35H47NO3. The van der Waals surface area contributed by atoms with Crippen molar-refractivity contribution >= 4 is 5.97 Å². The van der Waals surface area contributed by atoms with E-state index in [0.717, 1.165) is 31.4 Å². The zero-order valence-electron chi connectivity index (χ0n) is 24.7. The summed E-state index contributed by atoms with van der Waals surface area (Å²) in [5.41, 5.74) is 5.47. The lowest BCUT2D eigenvalue weighted by Crippen LogP contribution is -2.39. The number of carboxylic acids is 1. The Morgan fingerprint density at radius 3 is 2.26 bits per heavy atom. The predicted molar refractivity (Wildman–Crippen MR) is 161 cm³/mol. The molecular weight excluding hydrogens is 482 g/mol. The Kier molecular flexibility index (Phi) is 8.88. The van der Waals surface area contributed by atoms with Crippen molar-refractivity contribution in [2.45, 2.75) is 102 Å². The Hall–Kier alpha value is -2.69. The first kappa shape index (κ1) is 29.3. The summed E-state index contributed by atoms with van der Waals surface area (Å²) in [7, 11) is 0. The first-order valence-corrected chi connectivity index (χ1v) is 14.7. The number of hydrogen-bond acceptors (Lipinski definition) is 3. The highest BCUT2D eigenvalue weighted by Gasteiger charge is 2.38. The molecule has 0 atom stereocenters. The largest absolute Gasteiger partial charge is 0.479 e. The average molecular weight is 530 g/mol. The van der Waals surface area contributed by atoms with Crippen molar-refractivity contribution in [2.24, 2.45) is 0 Å². The minimum Gasteiger partial charge on any atom is -0.479 e. The van der Waals surface area contributed by atoms with Crippen molar-refractivity contribution in [3.8, 4) is 11.1 Å². The Morgan fingerprint density at radius 2 is 1.59 bits per heavy atom.